The van der Waals surface area contributed by atoms with Crippen molar-refractivity contribution in [2.75, 3.05) is 30.3 Å². The van der Waals surface area contributed by atoms with E-state index in [1.54, 1.807) is 17.0 Å². The Hall–Kier alpha value is -3.88. The fourth-order valence-electron chi connectivity index (χ4n) is 3.59. The summed E-state index contributed by atoms with van der Waals surface area (Å²) in [6, 6.07) is 14.4. The first-order valence-corrected chi connectivity index (χ1v) is 11.1. The van der Waals surface area contributed by atoms with Gasteiger partial charge in [-0.1, -0.05) is 17.3 Å². The van der Waals surface area contributed by atoms with E-state index >= 15 is 0 Å². The zero-order chi connectivity index (χ0) is 23.0. The average Bonchev–Trinajstić information content (AvgIpc) is 3.52. The Labute approximate surface area is 192 Å². The molecule has 1 aromatic heterocycles. The van der Waals surface area contributed by atoms with Gasteiger partial charge in [0.25, 0.3) is 0 Å². The average molecular weight is 450 g/mol. The van der Waals surface area contributed by atoms with Crippen molar-refractivity contribution in [2.24, 2.45) is 0 Å². The molecule has 33 heavy (non-hydrogen) atoms. The van der Waals surface area contributed by atoms with Crippen molar-refractivity contribution in [1.82, 2.24) is 15.0 Å². The number of hydrogen-bond donors (Lipinski definition) is 2. The van der Waals surface area contributed by atoms with Crippen molar-refractivity contribution in [2.45, 2.75) is 32.6 Å². The van der Waals surface area contributed by atoms with E-state index in [0.717, 1.165) is 37.2 Å². The van der Waals surface area contributed by atoms with Crippen molar-refractivity contribution in [3.63, 3.8) is 0 Å². The Morgan fingerprint density at radius 1 is 1.03 bits per heavy atom. The lowest BCUT2D eigenvalue weighted by Crippen LogP contribution is -2.32. The van der Waals surface area contributed by atoms with E-state index in [4.69, 9.17) is 9.26 Å². The number of carbonyl (C=O) groups is 2. The molecule has 1 aliphatic heterocycles. The number of aryl methyl sites for hydroxylation is 1. The standard InChI is InChI=1S/C24H27N5O4/c1-2-32-18-11-9-17(10-12-18)23-27-22(33-28-23)14-13-21(30)25-19-7-3-4-8-20(19)26-24(31)29-15-5-6-16-29/h3-4,7-12H,2,5-6,13-16H2,1H3,(H,25,30)(H,26,31). The number of anilines is 2. The van der Waals surface area contributed by atoms with E-state index in [-0.39, 0.29) is 18.4 Å². The van der Waals surface area contributed by atoms with Crippen LogP contribution >= 0.6 is 0 Å². The molecule has 9 heteroatoms. The van der Waals surface area contributed by atoms with Gasteiger partial charge in [-0.25, -0.2) is 4.79 Å². The highest BCUT2D eigenvalue weighted by Crippen LogP contribution is 2.23. The van der Waals surface area contributed by atoms with Crippen LogP contribution in [0, 0.1) is 0 Å². The Morgan fingerprint density at radius 2 is 1.73 bits per heavy atom. The minimum absolute atomic E-state index is 0.151. The number of hydrogen-bond acceptors (Lipinski definition) is 6. The molecule has 0 atom stereocenters. The van der Waals surface area contributed by atoms with Crippen LogP contribution in [0.2, 0.25) is 0 Å². The summed E-state index contributed by atoms with van der Waals surface area (Å²) >= 11 is 0. The number of benzene rings is 2. The van der Waals surface area contributed by atoms with Crippen molar-refractivity contribution in [1.29, 1.82) is 0 Å². The first kappa shape index (κ1) is 22.3. The molecule has 0 bridgehead atoms. The summed E-state index contributed by atoms with van der Waals surface area (Å²) in [6.07, 6.45) is 2.50. The maximum atomic E-state index is 12.5. The normalized spacial score (nSPS) is 13.1. The largest absolute Gasteiger partial charge is 0.494 e. The summed E-state index contributed by atoms with van der Waals surface area (Å²) in [4.78, 5) is 31.1. The van der Waals surface area contributed by atoms with Crippen LogP contribution in [0.25, 0.3) is 11.4 Å². The van der Waals surface area contributed by atoms with Crippen LogP contribution < -0.4 is 15.4 Å². The lowest BCUT2D eigenvalue weighted by Gasteiger charge is -2.18. The molecule has 1 saturated heterocycles. The Kier molecular flexibility index (Phi) is 7.19. The molecule has 0 saturated carbocycles. The van der Waals surface area contributed by atoms with Gasteiger partial charge in [-0.2, -0.15) is 4.98 Å². The van der Waals surface area contributed by atoms with Crippen molar-refractivity contribution < 1.29 is 18.8 Å². The number of nitrogens with zero attached hydrogens (tertiary/aromatic N) is 3. The highest BCUT2D eigenvalue weighted by atomic mass is 16.5. The lowest BCUT2D eigenvalue weighted by molar-refractivity contribution is -0.116. The maximum absolute atomic E-state index is 12.5. The summed E-state index contributed by atoms with van der Waals surface area (Å²) in [6.45, 7) is 4.04. The van der Waals surface area contributed by atoms with Crippen molar-refractivity contribution in [3.8, 4) is 17.1 Å². The van der Waals surface area contributed by atoms with E-state index in [1.165, 1.54) is 0 Å². The van der Waals surface area contributed by atoms with Crippen LogP contribution in [0.5, 0.6) is 5.75 Å². The van der Waals surface area contributed by atoms with Crippen molar-refractivity contribution in [3.05, 3.63) is 54.4 Å². The molecule has 0 spiro atoms. The fourth-order valence-corrected chi connectivity index (χ4v) is 3.59. The molecule has 0 unspecified atom stereocenters. The molecular formula is C24H27N5O4. The summed E-state index contributed by atoms with van der Waals surface area (Å²) in [7, 11) is 0. The van der Waals surface area contributed by atoms with Gasteiger partial charge in [0.2, 0.25) is 17.6 Å². The van der Waals surface area contributed by atoms with Gasteiger partial charge >= 0.3 is 6.03 Å². The number of amides is 3. The quantitative estimate of drug-likeness (QED) is 0.530. The molecule has 1 fully saturated rings. The second-order valence-electron chi connectivity index (χ2n) is 7.69. The summed E-state index contributed by atoms with van der Waals surface area (Å²) in [5.41, 5.74) is 1.93. The van der Waals surface area contributed by atoms with Gasteiger partial charge in [0.1, 0.15) is 5.75 Å². The molecule has 9 nitrogen and oxygen atoms in total. The number of rotatable bonds is 8. The summed E-state index contributed by atoms with van der Waals surface area (Å²) in [5.74, 6) is 1.41. The van der Waals surface area contributed by atoms with Gasteiger partial charge in [-0.15, -0.1) is 0 Å². The molecule has 172 valence electrons. The molecule has 2 heterocycles. The summed E-state index contributed by atoms with van der Waals surface area (Å²) in [5, 5.41) is 9.74. The van der Waals surface area contributed by atoms with E-state index < -0.39 is 0 Å². The molecular weight excluding hydrogens is 422 g/mol. The second kappa shape index (κ2) is 10.6. The van der Waals surface area contributed by atoms with Crippen LogP contribution in [0.1, 0.15) is 32.1 Å². The molecule has 3 amide bonds. The number of aromatic nitrogens is 2. The highest BCUT2D eigenvalue weighted by molar-refractivity contribution is 5.99. The predicted octanol–water partition coefficient (Wildman–Crippen LogP) is 4.33. The molecule has 0 radical (unpaired) electrons. The van der Waals surface area contributed by atoms with E-state index in [2.05, 4.69) is 20.8 Å². The zero-order valence-corrected chi connectivity index (χ0v) is 18.5. The van der Waals surface area contributed by atoms with Crippen LogP contribution in [-0.2, 0) is 11.2 Å². The Morgan fingerprint density at radius 3 is 2.42 bits per heavy atom. The van der Waals surface area contributed by atoms with Gasteiger partial charge < -0.3 is 24.8 Å². The Balaban J connectivity index is 1.31. The first-order chi connectivity index (χ1) is 16.1. The van der Waals surface area contributed by atoms with Gasteiger partial charge in [0, 0.05) is 31.5 Å². The topological polar surface area (TPSA) is 110 Å². The minimum Gasteiger partial charge on any atom is -0.494 e. The number of para-hydroxylation sites is 2. The molecule has 0 aliphatic carbocycles. The van der Waals surface area contributed by atoms with E-state index in [9.17, 15) is 9.59 Å². The zero-order valence-electron chi connectivity index (χ0n) is 18.5. The van der Waals surface area contributed by atoms with Gasteiger partial charge in [-0.05, 0) is 56.2 Å². The second-order valence-corrected chi connectivity index (χ2v) is 7.69. The highest BCUT2D eigenvalue weighted by Gasteiger charge is 2.19. The first-order valence-electron chi connectivity index (χ1n) is 11.1. The number of carbonyl (C=O) groups excluding carboxylic acids is 2. The molecule has 2 aromatic carbocycles. The van der Waals surface area contributed by atoms with Gasteiger partial charge in [-0.3, -0.25) is 4.79 Å². The number of urea groups is 1. The molecule has 3 aromatic rings. The van der Waals surface area contributed by atoms with Gasteiger partial charge in [0.15, 0.2) is 0 Å². The number of likely N-dealkylation sites (tertiary alicyclic amines) is 1. The molecule has 4 rings (SSSR count). The third-order valence-corrected chi connectivity index (χ3v) is 5.29. The summed E-state index contributed by atoms with van der Waals surface area (Å²) < 4.78 is 10.7. The molecule has 1 aliphatic rings. The fraction of sp³-hybridized carbons (Fsp3) is 0.333. The molecule has 2 N–H and O–H groups in total. The lowest BCUT2D eigenvalue weighted by atomic mass is 10.2. The van der Waals surface area contributed by atoms with Crippen LogP contribution in [0.15, 0.2) is 53.1 Å². The van der Waals surface area contributed by atoms with E-state index in [1.807, 2.05) is 43.3 Å². The van der Waals surface area contributed by atoms with Crippen molar-refractivity contribution >= 4 is 23.3 Å². The van der Waals surface area contributed by atoms with Crippen LogP contribution in [0.4, 0.5) is 16.2 Å². The van der Waals surface area contributed by atoms with Crippen LogP contribution in [-0.4, -0.2) is 46.7 Å². The number of ether oxygens (including phenoxy) is 1. The Bertz CT molecular complexity index is 1090. The smallest absolute Gasteiger partial charge is 0.321 e. The monoisotopic (exact) mass is 449 g/mol. The third kappa shape index (κ3) is 5.88. The predicted molar refractivity (Wildman–Crippen MR) is 124 cm³/mol. The SMILES string of the molecule is CCOc1ccc(-c2noc(CCC(=O)Nc3ccccc3NC(=O)N3CCCC3)n2)cc1. The van der Waals surface area contributed by atoms with E-state index in [0.29, 0.717) is 36.1 Å². The third-order valence-electron chi connectivity index (χ3n) is 5.29. The minimum atomic E-state index is -0.210. The van der Waals surface area contributed by atoms with Gasteiger partial charge in [0.05, 0.1) is 18.0 Å². The number of nitrogens with one attached hydrogen (secondary N) is 2. The van der Waals surface area contributed by atoms with Crippen LogP contribution in [0.3, 0.4) is 0 Å². The maximum Gasteiger partial charge on any atom is 0.321 e.